The van der Waals surface area contributed by atoms with Gasteiger partial charge in [-0.1, -0.05) is 42.5 Å². The molecular formula is C22H25NO5. The summed E-state index contributed by atoms with van der Waals surface area (Å²) in [6.45, 7) is 1.03. The topological polar surface area (TPSA) is 73.9 Å². The van der Waals surface area contributed by atoms with Gasteiger partial charge in [-0.05, 0) is 36.1 Å². The maximum atomic E-state index is 12.3. The molecule has 1 N–H and O–H groups in total. The highest BCUT2D eigenvalue weighted by atomic mass is 16.5. The van der Waals surface area contributed by atoms with Crippen LogP contribution < -0.4 is 10.1 Å². The maximum Gasteiger partial charge on any atom is 0.328 e. The van der Waals surface area contributed by atoms with Crippen molar-refractivity contribution in [3.63, 3.8) is 0 Å². The number of carbonyl (C=O) groups is 2. The molecule has 1 aliphatic rings. The number of ether oxygens (including phenoxy) is 3. The van der Waals surface area contributed by atoms with E-state index in [0.717, 1.165) is 17.5 Å². The van der Waals surface area contributed by atoms with Gasteiger partial charge < -0.3 is 19.5 Å². The Morgan fingerprint density at radius 1 is 1.14 bits per heavy atom. The van der Waals surface area contributed by atoms with E-state index in [1.807, 2.05) is 54.6 Å². The summed E-state index contributed by atoms with van der Waals surface area (Å²) in [5.74, 6) is -0.0539. The first-order chi connectivity index (χ1) is 13.7. The Hall–Kier alpha value is -2.86. The standard InChI is InChI=1S/C22H25NO5/c1-26-22(25)19(23-21(24)20-11-6-12-27-20)14-17-9-5-10-18(13-17)28-15-16-7-3-2-4-8-16/h2-5,7-10,13,19-20H,6,11-12,14-15H2,1H3,(H,23,24)/t19-,20-/m1/s1. The third-order valence-electron chi connectivity index (χ3n) is 4.61. The minimum Gasteiger partial charge on any atom is -0.489 e. The molecule has 28 heavy (non-hydrogen) atoms. The van der Waals surface area contributed by atoms with Crippen molar-refractivity contribution >= 4 is 11.9 Å². The second kappa shape index (κ2) is 9.90. The molecule has 6 heteroatoms. The van der Waals surface area contributed by atoms with Crippen molar-refractivity contribution in [1.29, 1.82) is 0 Å². The molecule has 0 radical (unpaired) electrons. The molecule has 2 atom stereocenters. The minimum atomic E-state index is -0.772. The van der Waals surface area contributed by atoms with Gasteiger partial charge in [0.2, 0.25) is 5.91 Å². The van der Waals surface area contributed by atoms with E-state index in [0.29, 0.717) is 31.8 Å². The zero-order chi connectivity index (χ0) is 19.8. The minimum absolute atomic E-state index is 0.274. The van der Waals surface area contributed by atoms with Gasteiger partial charge in [0.15, 0.2) is 0 Å². The van der Waals surface area contributed by atoms with Crippen molar-refractivity contribution < 1.29 is 23.8 Å². The monoisotopic (exact) mass is 383 g/mol. The lowest BCUT2D eigenvalue weighted by Crippen LogP contribution is -2.47. The van der Waals surface area contributed by atoms with E-state index in [4.69, 9.17) is 14.2 Å². The fourth-order valence-corrected chi connectivity index (χ4v) is 3.12. The summed E-state index contributed by atoms with van der Waals surface area (Å²) in [5.41, 5.74) is 1.94. The number of hydrogen-bond donors (Lipinski definition) is 1. The predicted molar refractivity (Wildman–Crippen MR) is 104 cm³/mol. The summed E-state index contributed by atoms with van der Waals surface area (Å²) >= 11 is 0. The number of rotatable bonds is 8. The van der Waals surface area contributed by atoms with Gasteiger partial charge in [0, 0.05) is 13.0 Å². The van der Waals surface area contributed by atoms with E-state index >= 15 is 0 Å². The third-order valence-corrected chi connectivity index (χ3v) is 4.61. The number of benzene rings is 2. The predicted octanol–water partition coefficient (Wildman–Crippen LogP) is 2.64. The zero-order valence-electron chi connectivity index (χ0n) is 15.9. The SMILES string of the molecule is COC(=O)[C@@H](Cc1cccc(OCc2ccccc2)c1)NC(=O)[C@H]1CCCO1. The van der Waals surface area contributed by atoms with Gasteiger partial charge in [-0.15, -0.1) is 0 Å². The lowest BCUT2D eigenvalue weighted by Gasteiger charge is -2.19. The fraction of sp³-hybridized carbons (Fsp3) is 0.364. The Bertz CT molecular complexity index is 787. The second-order valence-corrected chi connectivity index (χ2v) is 6.71. The normalized spacial score (nSPS) is 17.0. The molecular weight excluding hydrogens is 358 g/mol. The molecule has 0 aliphatic carbocycles. The highest BCUT2D eigenvalue weighted by molar-refractivity contribution is 5.87. The van der Waals surface area contributed by atoms with E-state index in [1.165, 1.54) is 7.11 Å². The lowest BCUT2D eigenvalue weighted by atomic mass is 10.0. The molecule has 6 nitrogen and oxygen atoms in total. The van der Waals surface area contributed by atoms with Crippen LogP contribution in [0.25, 0.3) is 0 Å². The molecule has 2 aromatic carbocycles. The van der Waals surface area contributed by atoms with Crippen molar-refractivity contribution in [2.45, 2.75) is 38.0 Å². The molecule has 2 aromatic rings. The van der Waals surface area contributed by atoms with Crippen molar-refractivity contribution in [2.24, 2.45) is 0 Å². The highest BCUT2D eigenvalue weighted by Crippen LogP contribution is 2.18. The van der Waals surface area contributed by atoms with E-state index in [1.54, 1.807) is 0 Å². The number of hydrogen-bond acceptors (Lipinski definition) is 5. The number of amides is 1. The summed E-state index contributed by atoms with van der Waals surface area (Å²) in [6.07, 6.45) is 1.34. The Kier molecular flexibility index (Phi) is 7.03. The Morgan fingerprint density at radius 3 is 2.64 bits per heavy atom. The molecule has 0 aromatic heterocycles. The van der Waals surface area contributed by atoms with E-state index in [-0.39, 0.29) is 5.91 Å². The number of esters is 1. The Labute approximate surface area is 164 Å². The van der Waals surface area contributed by atoms with Crippen LogP contribution in [0.5, 0.6) is 5.75 Å². The van der Waals surface area contributed by atoms with Crippen LogP contribution >= 0.6 is 0 Å². The van der Waals surface area contributed by atoms with Gasteiger partial charge in [-0.2, -0.15) is 0 Å². The van der Waals surface area contributed by atoms with Crippen LogP contribution in [0.2, 0.25) is 0 Å². The molecule has 1 saturated heterocycles. The first-order valence-electron chi connectivity index (χ1n) is 9.41. The average molecular weight is 383 g/mol. The average Bonchev–Trinajstić information content (AvgIpc) is 3.27. The van der Waals surface area contributed by atoms with Gasteiger partial charge in [0.25, 0.3) is 0 Å². The highest BCUT2D eigenvalue weighted by Gasteiger charge is 2.29. The van der Waals surface area contributed by atoms with E-state index < -0.39 is 18.1 Å². The van der Waals surface area contributed by atoms with Crippen molar-refractivity contribution in [3.8, 4) is 5.75 Å². The largest absolute Gasteiger partial charge is 0.489 e. The Balaban J connectivity index is 1.63. The summed E-state index contributed by atoms with van der Waals surface area (Å²) in [7, 11) is 1.31. The first kappa shape index (κ1) is 19.9. The fourth-order valence-electron chi connectivity index (χ4n) is 3.12. The zero-order valence-corrected chi connectivity index (χ0v) is 15.9. The lowest BCUT2D eigenvalue weighted by molar-refractivity contribution is -0.146. The first-order valence-corrected chi connectivity index (χ1v) is 9.41. The molecule has 0 saturated carbocycles. The molecule has 1 heterocycles. The molecule has 3 rings (SSSR count). The van der Waals surface area contributed by atoms with Gasteiger partial charge in [0.05, 0.1) is 7.11 Å². The molecule has 0 bridgehead atoms. The van der Waals surface area contributed by atoms with Gasteiger partial charge in [-0.25, -0.2) is 4.79 Å². The maximum absolute atomic E-state index is 12.3. The third kappa shape index (κ3) is 5.57. The van der Waals surface area contributed by atoms with Gasteiger partial charge >= 0.3 is 5.97 Å². The van der Waals surface area contributed by atoms with E-state index in [9.17, 15) is 9.59 Å². The van der Waals surface area contributed by atoms with Crippen LogP contribution in [0.15, 0.2) is 54.6 Å². The molecule has 0 spiro atoms. The van der Waals surface area contributed by atoms with Crippen LogP contribution in [-0.4, -0.2) is 37.7 Å². The molecule has 148 valence electrons. The quantitative estimate of drug-likeness (QED) is 0.710. The van der Waals surface area contributed by atoms with Crippen molar-refractivity contribution in [2.75, 3.05) is 13.7 Å². The Morgan fingerprint density at radius 2 is 1.93 bits per heavy atom. The smallest absolute Gasteiger partial charge is 0.328 e. The summed E-state index contributed by atoms with van der Waals surface area (Å²) in [4.78, 5) is 24.5. The molecule has 1 aliphatic heterocycles. The number of carbonyl (C=O) groups excluding carboxylic acids is 2. The molecule has 1 amide bonds. The van der Waals surface area contributed by atoms with Gasteiger partial charge in [0.1, 0.15) is 24.5 Å². The van der Waals surface area contributed by atoms with E-state index in [2.05, 4.69) is 5.32 Å². The van der Waals surface area contributed by atoms with Crippen molar-refractivity contribution in [3.05, 3.63) is 65.7 Å². The second-order valence-electron chi connectivity index (χ2n) is 6.71. The number of nitrogens with one attached hydrogen (secondary N) is 1. The van der Waals surface area contributed by atoms with Crippen LogP contribution in [0, 0.1) is 0 Å². The summed E-state index contributed by atoms with van der Waals surface area (Å²) in [5, 5.41) is 2.76. The molecule has 0 unspecified atom stereocenters. The van der Waals surface area contributed by atoms with Gasteiger partial charge in [-0.3, -0.25) is 4.79 Å². The van der Waals surface area contributed by atoms with Crippen LogP contribution in [0.1, 0.15) is 24.0 Å². The summed E-state index contributed by atoms with van der Waals surface area (Å²) in [6, 6.07) is 16.6. The van der Waals surface area contributed by atoms with Crippen LogP contribution in [0.3, 0.4) is 0 Å². The number of methoxy groups -OCH3 is 1. The molecule has 1 fully saturated rings. The van der Waals surface area contributed by atoms with Crippen molar-refractivity contribution in [1.82, 2.24) is 5.32 Å². The van der Waals surface area contributed by atoms with Crippen LogP contribution in [-0.2, 0) is 32.1 Å². The van der Waals surface area contributed by atoms with Crippen LogP contribution in [0.4, 0.5) is 0 Å². The summed E-state index contributed by atoms with van der Waals surface area (Å²) < 4.78 is 16.1.